The second-order valence-corrected chi connectivity index (χ2v) is 7.30. The van der Waals surface area contributed by atoms with Crippen LogP contribution in [0.15, 0.2) is 40.1 Å². The van der Waals surface area contributed by atoms with Crippen LogP contribution in [0.4, 0.5) is 0 Å². The molecular weight excluding hydrogens is 386 g/mol. The second kappa shape index (κ2) is 7.01. The molecule has 9 heteroatoms. The van der Waals surface area contributed by atoms with Gasteiger partial charge in [0.05, 0.1) is 7.11 Å². The van der Waals surface area contributed by atoms with E-state index >= 15 is 0 Å². The molecule has 0 spiro atoms. The molecule has 0 radical (unpaired) electrons. The zero-order chi connectivity index (χ0) is 21.7. The Morgan fingerprint density at radius 2 is 1.87 bits per heavy atom. The van der Waals surface area contributed by atoms with E-state index in [4.69, 9.17) is 4.74 Å². The monoisotopic (exact) mass is 409 g/mol. The number of methoxy groups -OCH3 is 1. The van der Waals surface area contributed by atoms with Gasteiger partial charge in [-0.1, -0.05) is 19.1 Å². The largest absolute Gasteiger partial charge is 0.467 e. The van der Waals surface area contributed by atoms with E-state index in [0.717, 1.165) is 22.4 Å². The van der Waals surface area contributed by atoms with Crippen LogP contribution in [-0.4, -0.2) is 36.2 Å². The maximum atomic E-state index is 13.3. The van der Waals surface area contributed by atoms with Gasteiger partial charge in [0.15, 0.2) is 11.2 Å². The highest BCUT2D eigenvalue weighted by Crippen LogP contribution is 2.21. The van der Waals surface area contributed by atoms with Gasteiger partial charge in [-0.15, -0.1) is 0 Å². The van der Waals surface area contributed by atoms with Gasteiger partial charge in [-0.2, -0.15) is 4.98 Å². The molecule has 0 saturated carbocycles. The molecular formula is C21H23N5O4. The molecule has 0 aliphatic carbocycles. The van der Waals surface area contributed by atoms with Gasteiger partial charge in [0.1, 0.15) is 6.04 Å². The molecule has 1 atom stereocenters. The Kier molecular flexibility index (Phi) is 4.60. The number of carbonyl (C=O) groups excluding carboxylic acids is 1. The number of aromatic nitrogens is 5. The Bertz CT molecular complexity index is 1400. The van der Waals surface area contributed by atoms with Crippen molar-refractivity contribution in [3.8, 4) is 5.69 Å². The van der Waals surface area contributed by atoms with Crippen molar-refractivity contribution in [3.05, 3.63) is 62.6 Å². The number of benzene rings is 1. The molecule has 30 heavy (non-hydrogen) atoms. The molecule has 0 aliphatic heterocycles. The molecule has 4 aromatic rings. The second-order valence-electron chi connectivity index (χ2n) is 7.30. The molecule has 156 valence electrons. The van der Waals surface area contributed by atoms with Gasteiger partial charge < -0.3 is 4.74 Å². The summed E-state index contributed by atoms with van der Waals surface area (Å²) >= 11 is 0. The first-order valence-corrected chi connectivity index (χ1v) is 9.68. The summed E-state index contributed by atoms with van der Waals surface area (Å²) < 4.78 is 10.5. The van der Waals surface area contributed by atoms with Gasteiger partial charge in [0, 0.05) is 24.6 Å². The number of aryl methyl sites for hydroxylation is 3. The predicted octanol–water partition coefficient (Wildman–Crippen LogP) is 1.74. The number of imidazole rings is 2. The Hall–Kier alpha value is -3.62. The average molecular weight is 409 g/mol. The van der Waals surface area contributed by atoms with Crippen molar-refractivity contribution in [3.63, 3.8) is 0 Å². The van der Waals surface area contributed by atoms with Crippen molar-refractivity contribution >= 4 is 22.9 Å². The highest BCUT2D eigenvalue weighted by molar-refractivity contribution is 5.78. The number of rotatable bonds is 4. The topological polar surface area (TPSA) is 92.5 Å². The molecule has 0 unspecified atom stereocenters. The lowest BCUT2D eigenvalue weighted by Gasteiger charge is -2.13. The van der Waals surface area contributed by atoms with Gasteiger partial charge in [-0.05, 0) is 38.0 Å². The van der Waals surface area contributed by atoms with Crippen molar-refractivity contribution in [1.82, 2.24) is 23.1 Å². The van der Waals surface area contributed by atoms with Crippen LogP contribution in [-0.2, 0) is 23.0 Å². The van der Waals surface area contributed by atoms with Crippen molar-refractivity contribution in [2.75, 3.05) is 7.11 Å². The Morgan fingerprint density at radius 1 is 1.20 bits per heavy atom. The van der Waals surface area contributed by atoms with Crippen molar-refractivity contribution in [2.45, 2.75) is 33.2 Å². The molecule has 3 aromatic heterocycles. The Balaban J connectivity index is 2.06. The van der Waals surface area contributed by atoms with Crippen LogP contribution in [0.25, 0.3) is 22.6 Å². The van der Waals surface area contributed by atoms with E-state index in [1.54, 1.807) is 10.6 Å². The van der Waals surface area contributed by atoms with Gasteiger partial charge >= 0.3 is 11.7 Å². The Labute approximate surface area is 171 Å². The lowest BCUT2D eigenvalue weighted by Crippen LogP contribution is -2.43. The minimum absolute atomic E-state index is 0.231. The third-order valence-corrected chi connectivity index (χ3v) is 5.51. The molecule has 0 fully saturated rings. The minimum Gasteiger partial charge on any atom is -0.467 e. The fourth-order valence-electron chi connectivity index (χ4n) is 3.79. The number of esters is 1. The maximum absolute atomic E-state index is 13.3. The van der Waals surface area contributed by atoms with Crippen LogP contribution >= 0.6 is 0 Å². The van der Waals surface area contributed by atoms with Crippen LogP contribution in [0.1, 0.15) is 31.1 Å². The summed E-state index contributed by atoms with van der Waals surface area (Å²) in [5, 5.41) is 0. The van der Waals surface area contributed by atoms with Crippen LogP contribution < -0.4 is 11.2 Å². The molecule has 1 aromatic carbocycles. The third kappa shape index (κ3) is 2.69. The van der Waals surface area contributed by atoms with E-state index in [1.807, 2.05) is 23.6 Å². The number of hydrogen-bond donors (Lipinski definition) is 0. The molecule has 9 nitrogen and oxygen atoms in total. The van der Waals surface area contributed by atoms with Gasteiger partial charge in [-0.3, -0.25) is 18.3 Å². The van der Waals surface area contributed by atoms with Crippen LogP contribution in [0.2, 0.25) is 0 Å². The standard InChI is InChI=1S/C21H23N5O4/c1-6-14-7-9-15(10-8-14)25-12(2)11-24-16-17(22-20(24)25)23(4)21(29)26(18(16)27)13(3)19(28)30-5/h7-11,13H,6H2,1-5H3/t13-/m0/s1. The normalized spacial score (nSPS) is 12.6. The molecule has 3 heterocycles. The van der Waals surface area contributed by atoms with E-state index in [-0.39, 0.29) is 11.2 Å². The van der Waals surface area contributed by atoms with Crippen LogP contribution in [0.5, 0.6) is 0 Å². The first kappa shape index (κ1) is 19.7. The lowest BCUT2D eigenvalue weighted by atomic mass is 10.1. The van der Waals surface area contributed by atoms with Crippen molar-refractivity contribution in [1.29, 1.82) is 0 Å². The minimum atomic E-state index is -1.05. The molecule has 0 bridgehead atoms. The molecule has 0 saturated heterocycles. The zero-order valence-corrected chi connectivity index (χ0v) is 17.5. The van der Waals surface area contributed by atoms with Crippen LogP contribution in [0.3, 0.4) is 0 Å². The smallest absolute Gasteiger partial charge is 0.333 e. The van der Waals surface area contributed by atoms with E-state index < -0.39 is 23.3 Å². The molecule has 0 amide bonds. The zero-order valence-electron chi connectivity index (χ0n) is 17.5. The number of fused-ring (bicyclic) bond motifs is 3. The summed E-state index contributed by atoms with van der Waals surface area (Å²) in [6, 6.07) is 7.05. The van der Waals surface area contributed by atoms with E-state index in [9.17, 15) is 14.4 Å². The van der Waals surface area contributed by atoms with Crippen LogP contribution in [0, 0.1) is 6.92 Å². The number of ether oxygens (including phenoxy) is 1. The van der Waals surface area contributed by atoms with Gasteiger partial charge in [-0.25, -0.2) is 14.2 Å². The summed E-state index contributed by atoms with van der Waals surface area (Å²) in [4.78, 5) is 42.7. The predicted molar refractivity (Wildman–Crippen MR) is 112 cm³/mol. The summed E-state index contributed by atoms with van der Waals surface area (Å²) in [5.74, 6) is -0.151. The van der Waals surface area contributed by atoms with Gasteiger partial charge in [0.25, 0.3) is 5.56 Å². The summed E-state index contributed by atoms with van der Waals surface area (Å²) in [7, 11) is 2.75. The first-order chi connectivity index (χ1) is 14.3. The number of carbonyl (C=O) groups is 1. The molecule has 4 rings (SSSR count). The highest BCUT2D eigenvalue weighted by atomic mass is 16.5. The Morgan fingerprint density at radius 3 is 2.47 bits per heavy atom. The number of nitrogens with zero attached hydrogens (tertiary/aromatic N) is 5. The fraction of sp³-hybridized carbons (Fsp3) is 0.333. The summed E-state index contributed by atoms with van der Waals surface area (Å²) in [6.07, 6.45) is 2.74. The summed E-state index contributed by atoms with van der Waals surface area (Å²) in [5.41, 5.74) is 2.28. The SMILES string of the molecule is CCc1ccc(-n2c(C)cn3c4c(=O)n([C@@H](C)C(=O)OC)c(=O)n(C)c4nc23)cc1. The lowest BCUT2D eigenvalue weighted by molar-refractivity contribution is -0.144. The fourth-order valence-corrected chi connectivity index (χ4v) is 3.79. The molecule has 0 aliphatic rings. The van der Waals surface area contributed by atoms with Crippen molar-refractivity contribution in [2.24, 2.45) is 7.05 Å². The maximum Gasteiger partial charge on any atom is 0.333 e. The molecule has 0 N–H and O–H groups in total. The van der Waals surface area contributed by atoms with Gasteiger partial charge in [0.2, 0.25) is 5.78 Å². The average Bonchev–Trinajstić information content (AvgIpc) is 3.26. The van der Waals surface area contributed by atoms with E-state index in [2.05, 4.69) is 24.0 Å². The quantitative estimate of drug-likeness (QED) is 0.479. The highest BCUT2D eigenvalue weighted by Gasteiger charge is 2.26. The first-order valence-electron chi connectivity index (χ1n) is 9.68. The third-order valence-electron chi connectivity index (χ3n) is 5.51. The van der Waals surface area contributed by atoms with Crippen molar-refractivity contribution < 1.29 is 9.53 Å². The number of hydrogen-bond acceptors (Lipinski definition) is 5. The van der Waals surface area contributed by atoms with E-state index in [1.165, 1.54) is 31.2 Å². The summed E-state index contributed by atoms with van der Waals surface area (Å²) in [6.45, 7) is 5.48. The van der Waals surface area contributed by atoms with E-state index in [0.29, 0.717) is 5.78 Å².